The largest absolute Gasteiger partial charge is 0.439 e. The number of nitrogens with one attached hydrogen (secondary N) is 1. The van der Waals surface area contributed by atoms with Crippen molar-refractivity contribution in [2.75, 3.05) is 4.90 Å². The summed E-state index contributed by atoms with van der Waals surface area (Å²) in [4.78, 5) is 39.9. The summed E-state index contributed by atoms with van der Waals surface area (Å²) in [5, 5.41) is 13.2. The SMILES string of the molecule is O=C1N/C(=C\c2ccc(Oc3ccc([N+](=O)[O-])cn3)cc2)C(=O)N1c1ccccc1. The number of nitrogens with zero attached hydrogens (tertiary/aromatic N) is 3. The summed E-state index contributed by atoms with van der Waals surface area (Å²) >= 11 is 0. The van der Waals surface area contributed by atoms with Crippen LogP contribution in [0.4, 0.5) is 16.2 Å². The molecule has 1 aliphatic rings. The van der Waals surface area contributed by atoms with Crippen LogP contribution in [0.2, 0.25) is 0 Å². The molecule has 3 amide bonds. The molecule has 30 heavy (non-hydrogen) atoms. The number of hydrogen-bond acceptors (Lipinski definition) is 6. The molecule has 9 nitrogen and oxygen atoms in total. The summed E-state index contributed by atoms with van der Waals surface area (Å²) in [6.45, 7) is 0. The molecule has 1 fully saturated rings. The van der Waals surface area contributed by atoms with Crippen LogP contribution in [0.1, 0.15) is 5.56 Å². The molecule has 3 aromatic rings. The molecule has 0 bridgehead atoms. The number of amides is 3. The Balaban J connectivity index is 1.48. The lowest BCUT2D eigenvalue weighted by atomic mass is 10.2. The molecular weight excluding hydrogens is 388 g/mol. The van der Waals surface area contributed by atoms with Crippen molar-refractivity contribution in [3.63, 3.8) is 0 Å². The molecule has 0 unspecified atom stereocenters. The van der Waals surface area contributed by atoms with Crippen molar-refractivity contribution in [2.24, 2.45) is 0 Å². The Bertz CT molecular complexity index is 1140. The van der Waals surface area contributed by atoms with E-state index in [0.29, 0.717) is 17.0 Å². The molecule has 9 heteroatoms. The van der Waals surface area contributed by atoms with E-state index in [1.54, 1.807) is 60.7 Å². The van der Waals surface area contributed by atoms with Crippen LogP contribution in [0.15, 0.2) is 78.6 Å². The van der Waals surface area contributed by atoms with Crippen molar-refractivity contribution in [1.82, 2.24) is 10.3 Å². The van der Waals surface area contributed by atoms with E-state index in [1.165, 1.54) is 12.1 Å². The second kappa shape index (κ2) is 7.84. The van der Waals surface area contributed by atoms with Crippen molar-refractivity contribution >= 4 is 29.4 Å². The number of pyridine rings is 1. The summed E-state index contributed by atoms with van der Waals surface area (Å²) in [5.41, 5.74) is 1.20. The van der Waals surface area contributed by atoms with Gasteiger partial charge in [0.05, 0.1) is 10.6 Å². The lowest BCUT2D eigenvalue weighted by molar-refractivity contribution is -0.385. The van der Waals surface area contributed by atoms with Gasteiger partial charge in [-0.05, 0) is 35.9 Å². The Morgan fingerprint density at radius 1 is 1.00 bits per heavy atom. The van der Waals surface area contributed by atoms with Gasteiger partial charge in [0.2, 0.25) is 5.88 Å². The molecule has 1 aliphatic heterocycles. The highest BCUT2D eigenvalue weighted by Gasteiger charge is 2.34. The second-order valence-electron chi connectivity index (χ2n) is 6.25. The van der Waals surface area contributed by atoms with Crippen molar-refractivity contribution in [2.45, 2.75) is 0 Å². The fourth-order valence-electron chi connectivity index (χ4n) is 2.81. The van der Waals surface area contributed by atoms with Gasteiger partial charge < -0.3 is 10.1 Å². The summed E-state index contributed by atoms with van der Waals surface area (Å²) in [7, 11) is 0. The zero-order valence-electron chi connectivity index (χ0n) is 15.4. The zero-order chi connectivity index (χ0) is 21.1. The average Bonchev–Trinajstić information content (AvgIpc) is 3.03. The highest BCUT2D eigenvalue weighted by atomic mass is 16.6. The summed E-state index contributed by atoms with van der Waals surface area (Å²) in [5.74, 6) is 0.233. The Kier molecular flexibility index (Phi) is 4.92. The van der Waals surface area contributed by atoms with Crippen molar-refractivity contribution in [3.05, 3.63) is 94.3 Å². The molecule has 0 aliphatic carbocycles. The third-order valence-electron chi connectivity index (χ3n) is 4.24. The maximum atomic E-state index is 12.6. The van der Waals surface area contributed by atoms with E-state index >= 15 is 0 Å². The van der Waals surface area contributed by atoms with Gasteiger partial charge in [-0.2, -0.15) is 0 Å². The van der Waals surface area contributed by atoms with Crippen LogP contribution in [-0.2, 0) is 4.79 Å². The highest BCUT2D eigenvalue weighted by molar-refractivity contribution is 6.28. The molecule has 4 rings (SSSR count). The topological polar surface area (TPSA) is 115 Å². The molecule has 2 aromatic carbocycles. The Morgan fingerprint density at radius 2 is 1.73 bits per heavy atom. The van der Waals surface area contributed by atoms with Crippen molar-refractivity contribution in [1.29, 1.82) is 0 Å². The minimum atomic E-state index is -0.541. The first-order valence-electron chi connectivity index (χ1n) is 8.82. The number of hydrogen-bond donors (Lipinski definition) is 1. The van der Waals surface area contributed by atoms with E-state index < -0.39 is 16.9 Å². The summed E-state index contributed by atoms with van der Waals surface area (Å²) < 4.78 is 5.55. The number of benzene rings is 2. The van der Waals surface area contributed by atoms with E-state index in [9.17, 15) is 19.7 Å². The Labute approximate surface area is 170 Å². The molecule has 0 radical (unpaired) electrons. The predicted molar refractivity (Wildman–Crippen MR) is 108 cm³/mol. The van der Waals surface area contributed by atoms with E-state index in [4.69, 9.17) is 4.74 Å². The number of rotatable bonds is 5. The molecular formula is C21H14N4O5. The molecule has 1 saturated heterocycles. The summed E-state index contributed by atoms with van der Waals surface area (Å²) in [6, 6.07) is 17.6. The first kappa shape index (κ1) is 18.8. The molecule has 0 saturated carbocycles. The van der Waals surface area contributed by atoms with Gasteiger partial charge in [0.1, 0.15) is 17.6 Å². The van der Waals surface area contributed by atoms with Gasteiger partial charge in [0.15, 0.2) is 0 Å². The average molecular weight is 402 g/mol. The predicted octanol–water partition coefficient (Wildman–Crippen LogP) is 3.88. The Hall–Kier alpha value is -4.53. The standard InChI is InChI=1S/C21H14N4O5/c26-20-18(23-21(27)24(20)15-4-2-1-3-5-15)12-14-6-9-17(10-7-14)30-19-11-8-16(13-22-19)25(28)29/h1-13H,(H,23,27)/b18-12-. The van der Waals surface area contributed by atoms with E-state index in [-0.39, 0.29) is 17.3 Å². The molecule has 148 valence electrons. The second-order valence-corrected chi connectivity index (χ2v) is 6.25. The molecule has 2 heterocycles. The van der Waals surface area contributed by atoms with Gasteiger partial charge in [0, 0.05) is 12.1 Å². The third-order valence-corrected chi connectivity index (χ3v) is 4.24. The highest BCUT2D eigenvalue weighted by Crippen LogP contribution is 2.24. The van der Waals surface area contributed by atoms with Crippen molar-refractivity contribution in [3.8, 4) is 11.6 Å². The number of ether oxygens (including phenoxy) is 1. The number of carbonyl (C=O) groups excluding carboxylic acids is 2. The molecule has 1 N–H and O–H groups in total. The molecule has 0 spiro atoms. The molecule has 0 atom stereocenters. The van der Waals surface area contributed by atoms with Crippen LogP contribution in [0.5, 0.6) is 11.6 Å². The van der Waals surface area contributed by atoms with E-state index in [0.717, 1.165) is 11.1 Å². The number of aromatic nitrogens is 1. The fraction of sp³-hybridized carbons (Fsp3) is 0. The fourth-order valence-corrected chi connectivity index (χ4v) is 2.81. The lowest BCUT2D eigenvalue weighted by Crippen LogP contribution is -2.30. The van der Waals surface area contributed by atoms with Crippen LogP contribution in [0, 0.1) is 10.1 Å². The first-order valence-corrected chi connectivity index (χ1v) is 8.82. The van der Waals surface area contributed by atoms with Crippen LogP contribution in [-0.4, -0.2) is 21.8 Å². The van der Waals surface area contributed by atoms with Gasteiger partial charge in [0.25, 0.3) is 11.6 Å². The van der Waals surface area contributed by atoms with Gasteiger partial charge in [-0.1, -0.05) is 30.3 Å². The van der Waals surface area contributed by atoms with Gasteiger partial charge in [-0.25, -0.2) is 14.7 Å². The maximum Gasteiger partial charge on any atom is 0.333 e. The zero-order valence-corrected chi connectivity index (χ0v) is 15.4. The number of imide groups is 1. The van der Waals surface area contributed by atoms with Crippen LogP contribution < -0.4 is 15.0 Å². The summed E-state index contributed by atoms with van der Waals surface area (Å²) in [6.07, 6.45) is 2.68. The number of carbonyl (C=O) groups is 2. The number of para-hydroxylation sites is 1. The number of nitro groups is 1. The minimum Gasteiger partial charge on any atom is -0.439 e. The monoisotopic (exact) mass is 402 g/mol. The smallest absolute Gasteiger partial charge is 0.333 e. The third kappa shape index (κ3) is 3.85. The Morgan fingerprint density at radius 3 is 2.37 bits per heavy atom. The van der Waals surface area contributed by atoms with Crippen molar-refractivity contribution < 1.29 is 19.2 Å². The maximum absolute atomic E-state index is 12.6. The van der Waals surface area contributed by atoms with Gasteiger partial charge in [-0.3, -0.25) is 14.9 Å². The minimum absolute atomic E-state index is 0.128. The molecule has 1 aromatic heterocycles. The quantitative estimate of drug-likeness (QED) is 0.300. The van der Waals surface area contributed by atoms with Crippen LogP contribution in [0.3, 0.4) is 0 Å². The first-order chi connectivity index (χ1) is 14.5. The lowest BCUT2D eigenvalue weighted by Gasteiger charge is -2.10. The number of anilines is 1. The van der Waals surface area contributed by atoms with Gasteiger partial charge >= 0.3 is 6.03 Å². The normalized spacial score (nSPS) is 14.7. The number of urea groups is 1. The van der Waals surface area contributed by atoms with E-state index in [2.05, 4.69) is 10.3 Å². The van der Waals surface area contributed by atoms with Crippen LogP contribution in [0.25, 0.3) is 6.08 Å². The van der Waals surface area contributed by atoms with Crippen LogP contribution >= 0.6 is 0 Å². The van der Waals surface area contributed by atoms with E-state index in [1.807, 2.05) is 0 Å². The van der Waals surface area contributed by atoms with Gasteiger partial charge in [-0.15, -0.1) is 0 Å².